The zero-order valence-electron chi connectivity index (χ0n) is 11.5. The Labute approximate surface area is 114 Å². The molecular formula is C15H23N3O. The van der Waals surface area contributed by atoms with E-state index in [1.165, 1.54) is 12.8 Å². The average molecular weight is 261 g/mol. The zero-order valence-corrected chi connectivity index (χ0v) is 11.5. The number of carbonyl (C=O) groups excluding carboxylic acids is 1. The Morgan fingerprint density at radius 3 is 2.53 bits per heavy atom. The predicted molar refractivity (Wildman–Crippen MR) is 76.3 cm³/mol. The molecule has 0 aliphatic heterocycles. The molecule has 0 radical (unpaired) electrons. The first-order valence-corrected chi connectivity index (χ1v) is 6.85. The Hall–Kier alpha value is -1.39. The van der Waals surface area contributed by atoms with Crippen LogP contribution in [0.4, 0.5) is 0 Å². The molecule has 0 heterocycles. The highest BCUT2D eigenvalue weighted by molar-refractivity contribution is 5.85. The first kappa shape index (κ1) is 14.0. The van der Waals surface area contributed by atoms with Crippen LogP contribution in [0.1, 0.15) is 24.8 Å². The quantitative estimate of drug-likeness (QED) is 0.771. The van der Waals surface area contributed by atoms with E-state index < -0.39 is 11.4 Å². The van der Waals surface area contributed by atoms with Crippen LogP contribution in [0.2, 0.25) is 0 Å². The van der Waals surface area contributed by atoms with Crippen LogP contribution in [0.15, 0.2) is 30.3 Å². The molecule has 0 aromatic heterocycles. The maximum Gasteiger partial charge on any atom is 0.242 e. The third kappa shape index (κ3) is 3.55. The van der Waals surface area contributed by atoms with Gasteiger partial charge in [0.05, 0.1) is 0 Å². The summed E-state index contributed by atoms with van der Waals surface area (Å²) in [5, 5.41) is 0. The number of amides is 1. The van der Waals surface area contributed by atoms with Crippen molar-refractivity contribution in [3.63, 3.8) is 0 Å². The van der Waals surface area contributed by atoms with Gasteiger partial charge in [-0.25, -0.2) is 0 Å². The van der Waals surface area contributed by atoms with Crippen LogP contribution in [0, 0.1) is 5.92 Å². The van der Waals surface area contributed by atoms with Crippen molar-refractivity contribution in [2.45, 2.75) is 24.8 Å². The van der Waals surface area contributed by atoms with E-state index in [2.05, 4.69) is 11.9 Å². The third-order valence-electron chi connectivity index (χ3n) is 3.88. The van der Waals surface area contributed by atoms with Gasteiger partial charge in [0.2, 0.25) is 5.91 Å². The number of hydrogen-bond donors (Lipinski definition) is 2. The van der Waals surface area contributed by atoms with Crippen molar-refractivity contribution in [1.82, 2.24) is 4.90 Å². The standard InChI is InChI=1S/C15H23N3O/c1-18(11-12-7-8-12)10-9-15(17,14(16)19)13-5-3-2-4-6-13/h2-6,12H,7-11,17H2,1H3,(H2,16,19). The van der Waals surface area contributed by atoms with E-state index in [9.17, 15) is 4.79 Å². The van der Waals surface area contributed by atoms with E-state index in [0.29, 0.717) is 6.42 Å². The first-order valence-electron chi connectivity index (χ1n) is 6.85. The van der Waals surface area contributed by atoms with E-state index in [1.807, 2.05) is 30.3 Å². The number of benzene rings is 1. The summed E-state index contributed by atoms with van der Waals surface area (Å²) in [6, 6.07) is 9.41. The lowest BCUT2D eigenvalue weighted by atomic mass is 9.87. The highest BCUT2D eigenvalue weighted by Crippen LogP contribution is 2.30. The second kappa shape index (κ2) is 5.72. The van der Waals surface area contributed by atoms with Crippen molar-refractivity contribution in [2.75, 3.05) is 20.1 Å². The molecule has 1 aliphatic rings. The zero-order chi connectivity index (χ0) is 13.9. The smallest absolute Gasteiger partial charge is 0.242 e. The summed E-state index contributed by atoms with van der Waals surface area (Å²) in [6.07, 6.45) is 3.20. The fourth-order valence-corrected chi connectivity index (χ4v) is 2.35. The Kier molecular flexibility index (Phi) is 4.22. The van der Waals surface area contributed by atoms with E-state index in [0.717, 1.165) is 24.6 Å². The molecule has 1 fully saturated rings. The van der Waals surface area contributed by atoms with Crippen molar-refractivity contribution < 1.29 is 4.79 Å². The average Bonchev–Trinajstić information content (AvgIpc) is 3.20. The van der Waals surface area contributed by atoms with Gasteiger partial charge in [-0.3, -0.25) is 4.79 Å². The predicted octanol–water partition coefficient (Wildman–Crippen LogP) is 1.06. The minimum atomic E-state index is -1.07. The Morgan fingerprint density at radius 1 is 1.37 bits per heavy atom. The van der Waals surface area contributed by atoms with Gasteiger partial charge in [-0.2, -0.15) is 0 Å². The number of primary amides is 1. The highest BCUT2D eigenvalue weighted by atomic mass is 16.1. The summed E-state index contributed by atoms with van der Waals surface area (Å²) >= 11 is 0. The lowest BCUT2D eigenvalue weighted by Crippen LogP contribution is -2.50. The van der Waals surface area contributed by atoms with Gasteiger partial charge in [-0.05, 0) is 37.8 Å². The van der Waals surface area contributed by atoms with Crippen LogP contribution in [0.3, 0.4) is 0 Å². The maximum absolute atomic E-state index is 11.7. The Bertz CT molecular complexity index is 430. The molecule has 19 heavy (non-hydrogen) atoms. The molecule has 1 aliphatic carbocycles. The number of nitrogens with zero attached hydrogens (tertiary/aromatic N) is 1. The van der Waals surface area contributed by atoms with Gasteiger partial charge in [0.1, 0.15) is 5.54 Å². The molecule has 4 heteroatoms. The largest absolute Gasteiger partial charge is 0.368 e. The van der Waals surface area contributed by atoms with Gasteiger partial charge in [-0.15, -0.1) is 0 Å². The minimum Gasteiger partial charge on any atom is -0.368 e. The van der Waals surface area contributed by atoms with Crippen LogP contribution >= 0.6 is 0 Å². The van der Waals surface area contributed by atoms with E-state index >= 15 is 0 Å². The number of nitrogens with two attached hydrogens (primary N) is 2. The highest BCUT2D eigenvalue weighted by Gasteiger charge is 2.34. The van der Waals surface area contributed by atoms with Gasteiger partial charge in [0, 0.05) is 13.1 Å². The van der Waals surface area contributed by atoms with Gasteiger partial charge in [0.15, 0.2) is 0 Å². The molecule has 104 valence electrons. The van der Waals surface area contributed by atoms with Crippen LogP contribution in [0.25, 0.3) is 0 Å². The molecule has 2 rings (SSSR count). The molecule has 0 saturated heterocycles. The number of hydrogen-bond acceptors (Lipinski definition) is 3. The summed E-state index contributed by atoms with van der Waals surface area (Å²) in [6.45, 7) is 1.87. The summed E-state index contributed by atoms with van der Waals surface area (Å²) in [7, 11) is 2.07. The van der Waals surface area contributed by atoms with Crippen molar-refractivity contribution in [3.8, 4) is 0 Å². The van der Waals surface area contributed by atoms with Gasteiger partial charge >= 0.3 is 0 Å². The van der Waals surface area contributed by atoms with Crippen LogP contribution in [-0.4, -0.2) is 30.9 Å². The molecule has 1 saturated carbocycles. The lowest BCUT2D eigenvalue weighted by Gasteiger charge is -2.29. The maximum atomic E-state index is 11.7. The number of rotatable bonds is 7. The van der Waals surface area contributed by atoms with Crippen LogP contribution in [0.5, 0.6) is 0 Å². The first-order chi connectivity index (χ1) is 9.02. The molecular weight excluding hydrogens is 238 g/mol. The topological polar surface area (TPSA) is 72.3 Å². The fraction of sp³-hybridized carbons (Fsp3) is 0.533. The van der Waals surface area contributed by atoms with E-state index in [4.69, 9.17) is 11.5 Å². The molecule has 1 aromatic rings. The van der Waals surface area contributed by atoms with Crippen molar-refractivity contribution >= 4 is 5.91 Å². The summed E-state index contributed by atoms with van der Waals surface area (Å²) in [5.74, 6) is 0.376. The lowest BCUT2D eigenvalue weighted by molar-refractivity contribution is -0.123. The summed E-state index contributed by atoms with van der Waals surface area (Å²) in [5.41, 5.74) is 11.5. The molecule has 4 N–H and O–H groups in total. The van der Waals surface area contributed by atoms with Gasteiger partial charge in [0.25, 0.3) is 0 Å². The summed E-state index contributed by atoms with van der Waals surface area (Å²) in [4.78, 5) is 14.0. The van der Waals surface area contributed by atoms with E-state index in [1.54, 1.807) is 0 Å². The monoisotopic (exact) mass is 261 g/mol. The third-order valence-corrected chi connectivity index (χ3v) is 3.88. The second-order valence-corrected chi connectivity index (χ2v) is 5.66. The number of carbonyl (C=O) groups is 1. The van der Waals surface area contributed by atoms with Gasteiger partial charge < -0.3 is 16.4 Å². The SMILES string of the molecule is CN(CCC(N)(C(N)=O)c1ccccc1)CC1CC1. The van der Waals surface area contributed by atoms with Crippen LogP contribution in [-0.2, 0) is 10.3 Å². The van der Waals surface area contributed by atoms with Crippen LogP contribution < -0.4 is 11.5 Å². The second-order valence-electron chi connectivity index (χ2n) is 5.66. The Balaban J connectivity index is 2.00. The molecule has 1 amide bonds. The normalized spacial score (nSPS) is 18.3. The molecule has 1 unspecified atom stereocenters. The van der Waals surface area contributed by atoms with E-state index in [-0.39, 0.29) is 0 Å². The fourth-order valence-electron chi connectivity index (χ4n) is 2.35. The Morgan fingerprint density at radius 2 is 2.00 bits per heavy atom. The summed E-state index contributed by atoms with van der Waals surface area (Å²) < 4.78 is 0. The van der Waals surface area contributed by atoms with Crippen molar-refractivity contribution in [3.05, 3.63) is 35.9 Å². The minimum absolute atomic E-state index is 0.460. The molecule has 0 bridgehead atoms. The molecule has 4 nitrogen and oxygen atoms in total. The van der Waals surface area contributed by atoms with Crippen molar-refractivity contribution in [2.24, 2.45) is 17.4 Å². The van der Waals surface area contributed by atoms with Crippen molar-refractivity contribution in [1.29, 1.82) is 0 Å². The molecule has 1 atom stereocenters. The molecule has 1 aromatic carbocycles. The van der Waals surface area contributed by atoms with Gasteiger partial charge in [-0.1, -0.05) is 30.3 Å². The molecule has 0 spiro atoms.